The minimum Gasteiger partial charge on any atom is -0.482 e. The summed E-state index contributed by atoms with van der Waals surface area (Å²) in [7, 11) is 0. The number of aromatic nitrogens is 2. The molecule has 0 saturated heterocycles. The number of halogens is 1. The zero-order chi connectivity index (χ0) is 15.4. The van der Waals surface area contributed by atoms with Gasteiger partial charge in [-0.2, -0.15) is 5.26 Å². The monoisotopic (exact) mass is 290 g/mol. The van der Waals surface area contributed by atoms with Crippen molar-refractivity contribution < 1.29 is 14.1 Å². The molecular weight excluding hydrogens is 279 g/mol. The van der Waals surface area contributed by atoms with Crippen LogP contribution in [0.25, 0.3) is 0 Å². The summed E-state index contributed by atoms with van der Waals surface area (Å²) < 4.78 is 19.8. The summed E-state index contributed by atoms with van der Waals surface area (Å²) >= 11 is 0. The van der Waals surface area contributed by atoms with Gasteiger partial charge >= 0.3 is 5.82 Å². The first-order valence-electron chi connectivity index (χ1n) is 6.08. The zero-order valence-electron chi connectivity index (χ0n) is 11.1. The van der Waals surface area contributed by atoms with Gasteiger partial charge in [-0.3, -0.25) is 0 Å². The van der Waals surface area contributed by atoms with Crippen molar-refractivity contribution in [1.82, 2.24) is 9.55 Å². The number of ether oxygens (including phenoxy) is 1. The molecule has 0 fully saturated rings. The van der Waals surface area contributed by atoms with E-state index in [1.807, 2.05) is 6.07 Å². The Bertz CT molecular complexity index is 721. The SMILES string of the molecule is CCn1c([N+](=O)[O-])cnc1COc1ccc(F)cc1C#N. The summed E-state index contributed by atoms with van der Waals surface area (Å²) in [5, 5.41) is 19.7. The highest BCUT2D eigenvalue weighted by Gasteiger charge is 2.19. The van der Waals surface area contributed by atoms with E-state index >= 15 is 0 Å². The van der Waals surface area contributed by atoms with Crippen molar-refractivity contribution in [1.29, 1.82) is 5.26 Å². The van der Waals surface area contributed by atoms with Crippen LogP contribution in [0.5, 0.6) is 5.75 Å². The number of nitrogens with zero attached hydrogens (tertiary/aromatic N) is 4. The van der Waals surface area contributed by atoms with E-state index < -0.39 is 10.7 Å². The Balaban J connectivity index is 2.21. The molecule has 0 N–H and O–H groups in total. The topological polar surface area (TPSA) is 94.0 Å². The van der Waals surface area contributed by atoms with E-state index in [0.717, 1.165) is 12.3 Å². The quantitative estimate of drug-likeness (QED) is 0.622. The van der Waals surface area contributed by atoms with E-state index in [2.05, 4.69) is 4.98 Å². The smallest absolute Gasteiger partial charge is 0.342 e. The fourth-order valence-electron chi connectivity index (χ4n) is 1.87. The third kappa shape index (κ3) is 2.97. The van der Waals surface area contributed by atoms with Crippen LogP contribution in [0.1, 0.15) is 18.3 Å². The molecule has 2 rings (SSSR count). The van der Waals surface area contributed by atoms with Gasteiger partial charge in [0.1, 0.15) is 23.8 Å². The van der Waals surface area contributed by atoms with Crippen molar-refractivity contribution in [2.45, 2.75) is 20.1 Å². The standard InChI is InChI=1S/C13H11FN4O3/c1-2-17-12(16-7-13(17)18(19)20)8-21-11-4-3-10(14)5-9(11)6-15/h3-5,7H,2,8H2,1H3. The van der Waals surface area contributed by atoms with Crippen LogP contribution in [-0.2, 0) is 13.2 Å². The van der Waals surface area contributed by atoms with Gasteiger partial charge in [0, 0.05) is 0 Å². The van der Waals surface area contributed by atoms with Gasteiger partial charge in [-0.05, 0) is 30.0 Å². The molecule has 7 nitrogen and oxygen atoms in total. The van der Waals surface area contributed by atoms with Crippen LogP contribution in [0.15, 0.2) is 24.4 Å². The van der Waals surface area contributed by atoms with Crippen molar-refractivity contribution in [3.8, 4) is 11.8 Å². The number of benzene rings is 1. The number of imidazole rings is 1. The summed E-state index contributed by atoms with van der Waals surface area (Å²) in [5.41, 5.74) is 0.0547. The van der Waals surface area contributed by atoms with E-state index in [1.54, 1.807) is 6.92 Å². The molecule has 0 spiro atoms. The van der Waals surface area contributed by atoms with Gasteiger partial charge in [-0.15, -0.1) is 0 Å². The van der Waals surface area contributed by atoms with Crippen LogP contribution in [-0.4, -0.2) is 14.5 Å². The maximum absolute atomic E-state index is 13.0. The predicted octanol–water partition coefficient (Wildman–Crippen LogP) is 2.40. The second kappa shape index (κ2) is 6.00. The third-order valence-electron chi connectivity index (χ3n) is 2.84. The highest BCUT2D eigenvalue weighted by atomic mass is 19.1. The average molecular weight is 290 g/mol. The van der Waals surface area contributed by atoms with Crippen LogP contribution in [0.2, 0.25) is 0 Å². The highest BCUT2D eigenvalue weighted by molar-refractivity contribution is 5.43. The van der Waals surface area contributed by atoms with E-state index in [1.165, 1.54) is 16.7 Å². The number of nitriles is 1. The van der Waals surface area contributed by atoms with E-state index in [-0.39, 0.29) is 23.7 Å². The molecule has 0 amide bonds. The molecule has 108 valence electrons. The molecule has 0 atom stereocenters. The van der Waals surface area contributed by atoms with Crippen molar-refractivity contribution in [3.63, 3.8) is 0 Å². The van der Waals surface area contributed by atoms with Gasteiger partial charge in [0.25, 0.3) is 0 Å². The van der Waals surface area contributed by atoms with Crippen LogP contribution in [0.3, 0.4) is 0 Å². The Labute approximate surface area is 119 Å². The molecule has 1 heterocycles. The fraction of sp³-hybridized carbons (Fsp3) is 0.231. The molecular formula is C13H11FN4O3. The van der Waals surface area contributed by atoms with Crippen LogP contribution >= 0.6 is 0 Å². The Morgan fingerprint density at radius 3 is 2.95 bits per heavy atom. The van der Waals surface area contributed by atoms with Gasteiger partial charge in [0.05, 0.1) is 12.1 Å². The lowest BCUT2D eigenvalue weighted by Gasteiger charge is -2.07. The summed E-state index contributed by atoms with van der Waals surface area (Å²) in [4.78, 5) is 14.2. The number of nitro groups is 1. The first-order valence-corrected chi connectivity index (χ1v) is 6.08. The minimum atomic E-state index is -0.537. The second-order valence-electron chi connectivity index (χ2n) is 4.07. The van der Waals surface area contributed by atoms with Crippen molar-refractivity contribution in [2.24, 2.45) is 0 Å². The van der Waals surface area contributed by atoms with Gasteiger partial charge in [-0.25, -0.2) is 13.9 Å². The third-order valence-corrected chi connectivity index (χ3v) is 2.84. The summed E-state index contributed by atoms with van der Waals surface area (Å²) in [6.45, 7) is 2.06. The lowest BCUT2D eigenvalue weighted by Crippen LogP contribution is -2.08. The van der Waals surface area contributed by atoms with E-state index in [0.29, 0.717) is 12.4 Å². The van der Waals surface area contributed by atoms with E-state index in [9.17, 15) is 14.5 Å². The van der Waals surface area contributed by atoms with Gasteiger partial charge in [0.15, 0.2) is 6.61 Å². The molecule has 2 aromatic rings. The maximum Gasteiger partial charge on any atom is 0.342 e. The normalized spacial score (nSPS) is 10.1. The summed E-state index contributed by atoms with van der Waals surface area (Å²) in [5.74, 6) is -0.107. The van der Waals surface area contributed by atoms with Gasteiger partial charge in [-0.1, -0.05) is 0 Å². The molecule has 1 aromatic heterocycles. The Morgan fingerprint density at radius 2 is 2.33 bits per heavy atom. The van der Waals surface area contributed by atoms with Gasteiger partial charge in [0.2, 0.25) is 5.82 Å². The average Bonchev–Trinajstić information content (AvgIpc) is 2.88. The van der Waals surface area contributed by atoms with Crippen molar-refractivity contribution in [2.75, 3.05) is 0 Å². The van der Waals surface area contributed by atoms with Crippen LogP contribution in [0.4, 0.5) is 10.2 Å². The van der Waals surface area contributed by atoms with Crippen molar-refractivity contribution in [3.05, 3.63) is 51.7 Å². The molecule has 21 heavy (non-hydrogen) atoms. The number of hydrogen-bond donors (Lipinski definition) is 0. The first kappa shape index (κ1) is 14.5. The molecule has 0 aliphatic heterocycles. The lowest BCUT2D eigenvalue weighted by atomic mass is 10.2. The molecule has 0 aliphatic carbocycles. The predicted molar refractivity (Wildman–Crippen MR) is 70.0 cm³/mol. The van der Waals surface area contributed by atoms with Crippen molar-refractivity contribution >= 4 is 5.82 Å². The molecule has 0 bridgehead atoms. The Hall–Kier alpha value is -2.95. The molecule has 0 saturated carbocycles. The molecule has 0 unspecified atom stereocenters. The minimum absolute atomic E-state index is 0.0536. The fourth-order valence-corrected chi connectivity index (χ4v) is 1.87. The summed E-state index contributed by atoms with van der Waals surface area (Å²) in [6.07, 6.45) is 1.15. The van der Waals surface area contributed by atoms with Gasteiger partial charge < -0.3 is 14.9 Å². The summed E-state index contributed by atoms with van der Waals surface area (Å²) in [6, 6.07) is 5.39. The number of hydrogen-bond acceptors (Lipinski definition) is 5. The molecule has 0 aliphatic rings. The molecule has 1 aromatic carbocycles. The maximum atomic E-state index is 13.0. The van der Waals surface area contributed by atoms with E-state index in [4.69, 9.17) is 10.00 Å². The number of rotatable bonds is 5. The van der Waals surface area contributed by atoms with Crippen LogP contribution in [0, 0.1) is 27.3 Å². The Kier molecular flexibility index (Phi) is 4.13. The lowest BCUT2D eigenvalue weighted by molar-refractivity contribution is -0.392. The first-order chi connectivity index (χ1) is 10.1. The Morgan fingerprint density at radius 1 is 1.57 bits per heavy atom. The second-order valence-corrected chi connectivity index (χ2v) is 4.07. The highest BCUT2D eigenvalue weighted by Crippen LogP contribution is 2.21. The molecule has 0 radical (unpaired) electrons. The largest absolute Gasteiger partial charge is 0.482 e. The zero-order valence-corrected chi connectivity index (χ0v) is 11.1. The molecule has 8 heteroatoms. The van der Waals surface area contributed by atoms with Crippen LogP contribution < -0.4 is 4.74 Å².